The van der Waals surface area contributed by atoms with Gasteiger partial charge in [0.05, 0.1) is 6.26 Å². The summed E-state index contributed by atoms with van der Waals surface area (Å²) in [5.74, 6) is -0.188. The number of hydrogen-bond acceptors (Lipinski definition) is 4. The fourth-order valence-corrected chi connectivity index (χ4v) is 2.02. The highest BCUT2D eigenvalue weighted by Crippen LogP contribution is 2.04. The van der Waals surface area contributed by atoms with Crippen LogP contribution in [0.25, 0.3) is 0 Å². The number of amides is 1. The number of thiophene rings is 1. The monoisotopic (exact) mass is 248 g/mol. The topological polar surface area (TPSA) is 75.3 Å². The van der Waals surface area contributed by atoms with E-state index >= 15 is 0 Å². The Morgan fingerprint density at radius 1 is 1.47 bits per heavy atom. The lowest BCUT2D eigenvalue weighted by molar-refractivity contribution is 0.0955. The van der Waals surface area contributed by atoms with E-state index in [9.17, 15) is 13.2 Å². The summed E-state index contributed by atoms with van der Waals surface area (Å²) in [6, 6.07) is 1.71. The average molecular weight is 248 g/mol. The molecular weight excluding hydrogens is 236 g/mol. The molecule has 0 unspecified atom stereocenters. The van der Waals surface area contributed by atoms with Crippen LogP contribution in [-0.4, -0.2) is 33.7 Å². The highest BCUT2D eigenvalue weighted by molar-refractivity contribution is 7.88. The molecule has 0 aliphatic rings. The quantitative estimate of drug-likeness (QED) is 0.722. The van der Waals surface area contributed by atoms with E-state index in [1.807, 2.05) is 5.38 Å². The predicted octanol–water partition coefficient (Wildman–Crippen LogP) is 0.0271. The second-order valence-electron chi connectivity index (χ2n) is 2.93. The summed E-state index contributed by atoms with van der Waals surface area (Å²) in [6.45, 7) is 0.483. The highest BCUT2D eigenvalue weighted by Gasteiger charge is 2.05. The molecule has 1 heterocycles. The van der Waals surface area contributed by atoms with Crippen LogP contribution in [0.3, 0.4) is 0 Å². The van der Waals surface area contributed by atoms with Gasteiger partial charge in [-0.3, -0.25) is 4.79 Å². The average Bonchev–Trinajstić information content (AvgIpc) is 2.63. The van der Waals surface area contributed by atoms with Gasteiger partial charge in [0.15, 0.2) is 0 Å². The van der Waals surface area contributed by atoms with Crippen molar-refractivity contribution >= 4 is 27.3 Å². The molecule has 0 aliphatic carbocycles. The molecule has 0 bridgehead atoms. The lowest BCUT2D eigenvalue weighted by atomic mass is 10.3. The van der Waals surface area contributed by atoms with Gasteiger partial charge < -0.3 is 5.32 Å². The zero-order valence-corrected chi connectivity index (χ0v) is 9.82. The Hall–Kier alpha value is -0.920. The molecule has 0 atom stereocenters. The van der Waals surface area contributed by atoms with Crippen LogP contribution in [0.5, 0.6) is 0 Å². The largest absolute Gasteiger partial charge is 0.351 e. The molecule has 0 aliphatic heterocycles. The van der Waals surface area contributed by atoms with Crippen molar-refractivity contribution in [3.05, 3.63) is 22.4 Å². The number of carbonyl (C=O) groups excluding carboxylic acids is 1. The van der Waals surface area contributed by atoms with Crippen LogP contribution in [-0.2, 0) is 10.0 Å². The van der Waals surface area contributed by atoms with E-state index in [0.717, 1.165) is 6.26 Å². The van der Waals surface area contributed by atoms with Gasteiger partial charge in [0.2, 0.25) is 10.0 Å². The number of nitrogens with one attached hydrogen (secondary N) is 2. The van der Waals surface area contributed by atoms with Gasteiger partial charge in [0.25, 0.3) is 5.91 Å². The van der Waals surface area contributed by atoms with E-state index in [2.05, 4.69) is 10.0 Å². The third-order valence-corrected chi connectivity index (χ3v) is 2.97. The van der Waals surface area contributed by atoms with E-state index in [4.69, 9.17) is 0 Å². The van der Waals surface area contributed by atoms with E-state index in [1.54, 1.807) is 11.4 Å². The summed E-state index contributed by atoms with van der Waals surface area (Å²) in [4.78, 5) is 11.3. The first kappa shape index (κ1) is 12.2. The summed E-state index contributed by atoms with van der Waals surface area (Å²) in [7, 11) is -3.18. The summed E-state index contributed by atoms with van der Waals surface area (Å²) in [6.07, 6.45) is 1.08. The van der Waals surface area contributed by atoms with Crippen LogP contribution in [0.2, 0.25) is 0 Å². The van der Waals surface area contributed by atoms with Crippen LogP contribution in [0, 0.1) is 0 Å². The third kappa shape index (κ3) is 4.91. The van der Waals surface area contributed by atoms with Crippen LogP contribution in [0.4, 0.5) is 0 Å². The molecule has 1 aromatic heterocycles. The van der Waals surface area contributed by atoms with Crippen molar-refractivity contribution < 1.29 is 13.2 Å². The minimum atomic E-state index is -3.18. The summed E-state index contributed by atoms with van der Waals surface area (Å²) >= 11 is 1.44. The lowest BCUT2D eigenvalue weighted by Gasteiger charge is -2.03. The molecule has 0 fully saturated rings. The Morgan fingerprint density at radius 2 is 2.20 bits per heavy atom. The van der Waals surface area contributed by atoms with Crippen molar-refractivity contribution in [3.63, 3.8) is 0 Å². The molecule has 1 rings (SSSR count). The molecule has 1 aromatic rings. The van der Waals surface area contributed by atoms with Gasteiger partial charge in [-0.1, -0.05) is 0 Å². The first-order valence-corrected chi connectivity index (χ1v) is 7.07. The van der Waals surface area contributed by atoms with Crippen molar-refractivity contribution in [1.82, 2.24) is 10.0 Å². The molecule has 0 aromatic carbocycles. The van der Waals surface area contributed by atoms with Crippen LogP contribution in [0.1, 0.15) is 10.4 Å². The normalized spacial score (nSPS) is 11.3. The number of carbonyl (C=O) groups is 1. The van der Waals surface area contributed by atoms with Crippen molar-refractivity contribution in [2.45, 2.75) is 0 Å². The molecule has 0 spiro atoms. The molecule has 5 nitrogen and oxygen atoms in total. The minimum Gasteiger partial charge on any atom is -0.351 e. The molecule has 0 saturated carbocycles. The van der Waals surface area contributed by atoms with Crippen LogP contribution in [0.15, 0.2) is 16.8 Å². The van der Waals surface area contributed by atoms with Gasteiger partial charge in [-0.05, 0) is 11.4 Å². The Kier molecular flexibility index (Phi) is 4.25. The van der Waals surface area contributed by atoms with Gasteiger partial charge in [-0.25, -0.2) is 13.1 Å². The second kappa shape index (κ2) is 5.24. The highest BCUT2D eigenvalue weighted by atomic mass is 32.2. The van der Waals surface area contributed by atoms with Crippen LogP contribution >= 0.6 is 11.3 Å². The van der Waals surface area contributed by atoms with E-state index in [1.165, 1.54) is 11.3 Å². The third-order valence-electron chi connectivity index (χ3n) is 1.56. The molecule has 0 radical (unpaired) electrons. The molecule has 0 saturated heterocycles. The van der Waals surface area contributed by atoms with Gasteiger partial charge in [0.1, 0.15) is 0 Å². The zero-order valence-electron chi connectivity index (χ0n) is 8.19. The van der Waals surface area contributed by atoms with E-state index in [-0.39, 0.29) is 19.0 Å². The number of sulfonamides is 1. The SMILES string of the molecule is CS(=O)(=O)NCCNC(=O)c1ccsc1. The lowest BCUT2D eigenvalue weighted by Crippen LogP contribution is -2.34. The molecule has 2 N–H and O–H groups in total. The fourth-order valence-electron chi connectivity index (χ4n) is 0.908. The van der Waals surface area contributed by atoms with Crippen molar-refractivity contribution in [2.75, 3.05) is 19.3 Å². The van der Waals surface area contributed by atoms with E-state index in [0.29, 0.717) is 5.56 Å². The zero-order chi connectivity index (χ0) is 11.3. The summed E-state index contributed by atoms with van der Waals surface area (Å²) in [5, 5.41) is 6.14. The van der Waals surface area contributed by atoms with Crippen molar-refractivity contribution in [3.8, 4) is 0 Å². The summed E-state index contributed by atoms with van der Waals surface area (Å²) in [5.41, 5.74) is 0.597. The number of hydrogen-bond donors (Lipinski definition) is 2. The first-order valence-electron chi connectivity index (χ1n) is 4.24. The van der Waals surface area contributed by atoms with Crippen molar-refractivity contribution in [1.29, 1.82) is 0 Å². The molecule has 7 heteroatoms. The molecule has 15 heavy (non-hydrogen) atoms. The van der Waals surface area contributed by atoms with Crippen LogP contribution < -0.4 is 10.0 Å². The Morgan fingerprint density at radius 3 is 2.73 bits per heavy atom. The Balaban J connectivity index is 2.24. The number of rotatable bonds is 5. The smallest absolute Gasteiger partial charge is 0.252 e. The first-order chi connectivity index (χ1) is 6.99. The standard InChI is InChI=1S/C8H12N2O3S2/c1-15(12,13)10-4-3-9-8(11)7-2-5-14-6-7/h2,5-6,10H,3-4H2,1H3,(H,9,11). The maximum atomic E-state index is 11.3. The van der Waals surface area contributed by atoms with Gasteiger partial charge >= 0.3 is 0 Å². The minimum absolute atomic E-state index is 0.188. The fraction of sp³-hybridized carbons (Fsp3) is 0.375. The maximum Gasteiger partial charge on any atom is 0.252 e. The molecule has 1 amide bonds. The van der Waals surface area contributed by atoms with Crippen molar-refractivity contribution in [2.24, 2.45) is 0 Å². The Bertz CT molecular complexity index is 411. The molecular formula is C8H12N2O3S2. The van der Waals surface area contributed by atoms with E-state index < -0.39 is 10.0 Å². The van der Waals surface area contributed by atoms with Gasteiger partial charge in [-0.15, -0.1) is 0 Å². The second-order valence-corrected chi connectivity index (χ2v) is 5.55. The predicted molar refractivity (Wildman–Crippen MR) is 59.5 cm³/mol. The maximum absolute atomic E-state index is 11.3. The summed E-state index contributed by atoms with van der Waals surface area (Å²) < 4.78 is 23.6. The Labute approximate surface area is 92.6 Å². The molecule has 84 valence electrons. The van der Waals surface area contributed by atoms with Gasteiger partial charge in [-0.2, -0.15) is 11.3 Å². The van der Waals surface area contributed by atoms with Gasteiger partial charge in [0, 0.05) is 24.0 Å².